The van der Waals surface area contributed by atoms with Gasteiger partial charge in [-0.05, 0) is 36.4 Å². The molecule has 2 aromatic carbocycles. The zero-order chi connectivity index (χ0) is 17.9. The van der Waals surface area contributed by atoms with Crippen molar-refractivity contribution < 1.29 is 18.0 Å². The molecule has 2 N–H and O–H groups in total. The molecule has 0 aliphatic heterocycles. The van der Waals surface area contributed by atoms with Crippen LogP contribution in [0.1, 0.15) is 15.9 Å². The van der Waals surface area contributed by atoms with Crippen molar-refractivity contribution in [3.05, 3.63) is 64.7 Å². The van der Waals surface area contributed by atoms with E-state index in [9.17, 15) is 18.0 Å². The Hall–Kier alpha value is -2.09. The minimum atomic E-state index is -4.48. The number of hydrazine groups is 1. The second-order valence-electron chi connectivity index (χ2n) is 4.62. The summed E-state index contributed by atoms with van der Waals surface area (Å²) in [6.07, 6.45) is -4.48. The molecule has 0 unspecified atom stereocenters. The molecule has 0 spiro atoms. The zero-order valence-corrected chi connectivity index (χ0v) is 13.4. The van der Waals surface area contributed by atoms with E-state index in [0.29, 0.717) is 10.7 Å². The number of alkyl halides is 3. The highest BCUT2D eigenvalue weighted by Crippen LogP contribution is 2.29. The molecule has 0 saturated heterocycles. The van der Waals surface area contributed by atoms with Crippen LogP contribution < -0.4 is 11.0 Å². The number of benzene rings is 2. The number of hydrazone groups is 1. The molecule has 0 atom stereocenters. The van der Waals surface area contributed by atoms with E-state index >= 15 is 0 Å². The predicted octanol–water partition coefficient (Wildman–Crippen LogP) is 4.47. The molecule has 0 heterocycles. The first kappa shape index (κ1) is 18.3. The van der Waals surface area contributed by atoms with Gasteiger partial charge in [0, 0.05) is 10.6 Å². The van der Waals surface area contributed by atoms with Gasteiger partial charge >= 0.3 is 6.18 Å². The van der Waals surface area contributed by atoms with Crippen LogP contribution >= 0.6 is 23.2 Å². The number of hydrogen-bond acceptors (Lipinski definition) is 4. The fourth-order valence-electron chi connectivity index (χ4n) is 1.72. The minimum absolute atomic E-state index is 0.0405. The maximum absolute atomic E-state index is 12.5. The van der Waals surface area contributed by atoms with E-state index < -0.39 is 22.7 Å². The number of hydrogen-bond donors (Lipinski definition) is 1. The number of nitrogens with two attached hydrogens (primary N) is 1. The molecule has 0 amide bonds. The molecule has 4 nitrogen and oxygen atoms in total. The molecule has 0 fully saturated rings. The molecule has 24 heavy (non-hydrogen) atoms. The van der Waals surface area contributed by atoms with Crippen molar-refractivity contribution in [3.63, 3.8) is 0 Å². The Kier molecular flexibility index (Phi) is 5.48. The molecular formula is C15H10Cl2F3N3O. The summed E-state index contributed by atoms with van der Waals surface area (Å²) in [5, 5.41) is 4.56. The van der Waals surface area contributed by atoms with Crippen molar-refractivity contribution in [2.75, 3.05) is 5.12 Å². The number of anilines is 1. The molecule has 0 saturated carbocycles. The quantitative estimate of drug-likeness (QED) is 0.371. The van der Waals surface area contributed by atoms with Crippen LogP contribution in [0.15, 0.2) is 53.6 Å². The monoisotopic (exact) mass is 375 g/mol. The first-order valence-electron chi connectivity index (χ1n) is 6.45. The van der Waals surface area contributed by atoms with E-state index in [0.717, 1.165) is 29.4 Å². The highest BCUT2D eigenvalue weighted by Gasteiger charge is 2.30. The average Bonchev–Trinajstić information content (AvgIpc) is 2.54. The summed E-state index contributed by atoms with van der Waals surface area (Å²) in [5.41, 5.74) is -0.493. The van der Waals surface area contributed by atoms with Gasteiger partial charge in [0.2, 0.25) is 5.78 Å². The number of halogens is 5. The van der Waals surface area contributed by atoms with Crippen molar-refractivity contribution >= 4 is 39.8 Å². The molecule has 9 heteroatoms. The molecule has 0 radical (unpaired) electrons. The summed E-state index contributed by atoms with van der Waals surface area (Å²) in [6.45, 7) is 0. The Labute approximate surface area is 145 Å². The van der Waals surface area contributed by atoms with Crippen molar-refractivity contribution in [1.29, 1.82) is 0 Å². The Morgan fingerprint density at radius 3 is 2.08 bits per heavy atom. The molecular weight excluding hydrogens is 366 g/mol. The van der Waals surface area contributed by atoms with Crippen molar-refractivity contribution in [2.45, 2.75) is 6.18 Å². The van der Waals surface area contributed by atoms with E-state index in [1.165, 1.54) is 0 Å². The summed E-state index contributed by atoms with van der Waals surface area (Å²) < 4.78 is 37.5. The van der Waals surface area contributed by atoms with E-state index in [2.05, 4.69) is 5.10 Å². The van der Waals surface area contributed by atoms with Crippen LogP contribution in [0.2, 0.25) is 5.02 Å². The van der Waals surface area contributed by atoms with E-state index in [1.807, 2.05) is 0 Å². The van der Waals surface area contributed by atoms with E-state index in [4.69, 9.17) is 29.0 Å². The highest BCUT2D eigenvalue weighted by atomic mass is 35.5. The zero-order valence-electron chi connectivity index (χ0n) is 11.9. The maximum atomic E-state index is 12.5. The van der Waals surface area contributed by atoms with Gasteiger partial charge in [0.05, 0.1) is 11.3 Å². The van der Waals surface area contributed by atoms with Gasteiger partial charge < -0.3 is 0 Å². The van der Waals surface area contributed by atoms with Crippen LogP contribution in [0.5, 0.6) is 0 Å². The van der Waals surface area contributed by atoms with Crippen LogP contribution in [-0.2, 0) is 6.18 Å². The molecule has 0 aromatic heterocycles. The number of nitrogens with zero attached hydrogens (tertiary/aromatic N) is 2. The van der Waals surface area contributed by atoms with Crippen molar-refractivity contribution in [1.82, 2.24) is 0 Å². The Morgan fingerprint density at radius 2 is 1.58 bits per heavy atom. The summed E-state index contributed by atoms with van der Waals surface area (Å²) in [7, 11) is 0. The van der Waals surface area contributed by atoms with Crippen LogP contribution in [-0.4, -0.2) is 11.0 Å². The van der Waals surface area contributed by atoms with Gasteiger partial charge in [-0.25, -0.2) is 5.84 Å². The fraction of sp³-hybridized carbons (Fsp3) is 0.0667. The Bertz CT molecular complexity index is 759. The topological polar surface area (TPSA) is 58.7 Å². The third-order valence-electron chi connectivity index (χ3n) is 2.95. The lowest BCUT2D eigenvalue weighted by Crippen LogP contribution is -2.27. The normalized spacial score (nSPS) is 12.2. The number of Topliss-reactive ketones (excluding diaryl/α,β-unsaturated/α-hetero) is 1. The van der Waals surface area contributed by atoms with Gasteiger partial charge in [0.25, 0.3) is 0 Å². The SMILES string of the molecule is NN(N=C(Cl)C(=O)c1ccc(C(F)(F)F)cc1)c1ccc(Cl)cc1. The van der Waals surface area contributed by atoms with Crippen LogP contribution in [0.3, 0.4) is 0 Å². The summed E-state index contributed by atoms with van der Waals surface area (Å²) in [6, 6.07) is 9.86. The predicted molar refractivity (Wildman–Crippen MR) is 87.2 cm³/mol. The molecule has 2 aromatic rings. The van der Waals surface area contributed by atoms with Crippen molar-refractivity contribution in [3.8, 4) is 0 Å². The molecule has 126 valence electrons. The maximum Gasteiger partial charge on any atom is 0.416 e. The third-order valence-corrected chi connectivity index (χ3v) is 3.45. The van der Waals surface area contributed by atoms with Crippen LogP contribution in [0.25, 0.3) is 0 Å². The molecule has 0 bridgehead atoms. The van der Waals surface area contributed by atoms with Gasteiger partial charge in [-0.3, -0.25) is 4.79 Å². The van der Waals surface area contributed by atoms with Crippen LogP contribution in [0.4, 0.5) is 18.9 Å². The lowest BCUT2D eigenvalue weighted by atomic mass is 10.1. The second-order valence-corrected chi connectivity index (χ2v) is 5.41. The highest BCUT2D eigenvalue weighted by molar-refractivity contribution is 6.85. The Balaban J connectivity index is 2.17. The van der Waals surface area contributed by atoms with Crippen LogP contribution in [0, 0.1) is 0 Å². The van der Waals surface area contributed by atoms with Gasteiger partial charge in [-0.15, -0.1) is 5.10 Å². The standard InChI is InChI=1S/C15H10Cl2F3N3O/c16-11-5-7-12(8-6-11)23(21)22-14(17)13(24)9-1-3-10(4-2-9)15(18,19)20/h1-8H,21H2. The van der Waals surface area contributed by atoms with Gasteiger partial charge in [0.15, 0.2) is 5.17 Å². The fourth-order valence-corrected chi connectivity index (χ4v) is 2.04. The molecule has 2 rings (SSSR count). The average molecular weight is 376 g/mol. The lowest BCUT2D eigenvalue weighted by molar-refractivity contribution is -0.137. The summed E-state index contributed by atoms with van der Waals surface area (Å²) in [4.78, 5) is 12.1. The number of rotatable bonds is 4. The molecule has 0 aliphatic carbocycles. The number of ketones is 1. The van der Waals surface area contributed by atoms with Gasteiger partial charge in [-0.1, -0.05) is 35.3 Å². The minimum Gasteiger partial charge on any atom is -0.286 e. The number of carbonyl (C=O) groups is 1. The Morgan fingerprint density at radius 1 is 1.04 bits per heavy atom. The van der Waals surface area contributed by atoms with Gasteiger partial charge in [0.1, 0.15) is 0 Å². The first-order valence-corrected chi connectivity index (χ1v) is 7.20. The first-order chi connectivity index (χ1) is 11.2. The van der Waals surface area contributed by atoms with Gasteiger partial charge in [-0.2, -0.15) is 18.3 Å². The lowest BCUT2D eigenvalue weighted by Gasteiger charge is -2.13. The number of carbonyl (C=O) groups excluding carboxylic acids is 1. The molecule has 0 aliphatic rings. The second kappa shape index (κ2) is 7.21. The summed E-state index contributed by atoms with van der Waals surface area (Å²) >= 11 is 11.5. The van der Waals surface area contributed by atoms with Crippen molar-refractivity contribution in [2.24, 2.45) is 10.9 Å². The smallest absolute Gasteiger partial charge is 0.286 e. The van der Waals surface area contributed by atoms with E-state index in [-0.39, 0.29) is 5.56 Å². The van der Waals surface area contributed by atoms with E-state index in [1.54, 1.807) is 24.3 Å². The third kappa shape index (κ3) is 4.47. The largest absolute Gasteiger partial charge is 0.416 e. The summed E-state index contributed by atoms with van der Waals surface area (Å²) in [5.74, 6) is 4.91.